The third kappa shape index (κ3) is 1.27. The van der Waals surface area contributed by atoms with E-state index >= 15 is 0 Å². The van der Waals surface area contributed by atoms with Gasteiger partial charge in [0, 0.05) is 10.1 Å². The minimum Gasteiger partial charge on any atom is -0.492 e. The zero-order valence-corrected chi connectivity index (χ0v) is 8.40. The first-order valence-corrected chi connectivity index (χ1v) is 4.94. The van der Waals surface area contributed by atoms with Crippen LogP contribution in [0.2, 0.25) is 0 Å². The van der Waals surface area contributed by atoms with Crippen molar-refractivity contribution < 1.29 is 14.2 Å². The molecule has 74 valence electrons. The summed E-state index contributed by atoms with van der Waals surface area (Å²) >= 11 is 1.03. The molecule has 0 spiro atoms. The molecule has 0 atom stereocenters. The first kappa shape index (κ1) is 9.43. The van der Waals surface area contributed by atoms with Crippen LogP contribution in [0.25, 0.3) is 10.1 Å². The van der Waals surface area contributed by atoms with Gasteiger partial charge in [-0.1, -0.05) is 12.1 Å². The first-order chi connectivity index (χ1) is 6.77. The number of methoxy groups -OCH3 is 1. The van der Waals surface area contributed by atoms with E-state index in [4.69, 9.17) is 9.84 Å². The van der Waals surface area contributed by atoms with E-state index in [0.29, 0.717) is 10.9 Å². The van der Waals surface area contributed by atoms with Gasteiger partial charge in [0.1, 0.15) is 0 Å². The zero-order valence-electron chi connectivity index (χ0n) is 7.58. The molecular formula is C10H9FO2S. The monoisotopic (exact) mass is 212 g/mol. The average molecular weight is 212 g/mol. The fraction of sp³-hybridized carbons (Fsp3) is 0.200. The van der Waals surface area contributed by atoms with Crippen LogP contribution in [-0.4, -0.2) is 12.2 Å². The third-order valence-corrected chi connectivity index (χ3v) is 3.02. The minimum absolute atomic E-state index is 0.107. The highest BCUT2D eigenvalue weighted by molar-refractivity contribution is 7.18. The predicted molar refractivity (Wildman–Crippen MR) is 54.3 cm³/mol. The van der Waals surface area contributed by atoms with Crippen LogP contribution in [0.3, 0.4) is 0 Å². The van der Waals surface area contributed by atoms with Crippen LogP contribution in [0.4, 0.5) is 4.39 Å². The second-order valence-electron chi connectivity index (χ2n) is 2.86. The van der Waals surface area contributed by atoms with Crippen molar-refractivity contribution in [2.45, 2.75) is 6.61 Å². The number of hydrogen-bond donors (Lipinski definition) is 1. The molecule has 0 aliphatic carbocycles. The third-order valence-electron chi connectivity index (χ3n) is 2.09. The zero-order chi connectivity index (χ0) is 10.1. The summed E-state index contributed by atoms with van der Waals surface area (Å²) in [6.45, 7) is -0.107. The van der Waals surface area contributed by atoms with Gasteiger partial charge in [-0.05, 0) is 11.6 Å². The number of fused-ring (bicyclic) bond motifs is 1. The number of halogens is 1. The Labute approximate surface area is 84.6 Å². The summed E-state index contributed by atoms with van der Waals surface area (Å²) in [5, 5.41) is 9.43. The maximum atomic E-state index is 13.3. The van der Waals surface area contributed by atoms with E-state index in [1.54, 1.807) is 12.1 Å². The fourth-order valence-corrected chi connectivity index (χ4v) is 2.42. The lowest BCUT2D eigenvalue weighted by atomic mass is 10.1. The normalized spacial score (nSPS) is 10.8. The average Bonchev–Trinajstić information content (AvgIpc) is 2.52. The molecule has 2 nitrogen and oxygen atoms in total. The molecule has 0 saturated heterocycles. The van der Waals surface area contributed by atoms with E-state index in [1.165, 1.54) is 7.11 Å². The second-order valence-corrected chi connectivity index (χ2v) is 3.86. The standard InChI is InChI=1S/C10H9FO2S/c1-13-9-8-6(5-12)3-2-4-7(8)14-10(9)11/h2-4,12H,5H2,1H3. The summed E-state index contributed by atoms with van der Waals surface area (Å²) in [5.74, 6) is 0.231. The van der Waals surface area contributed by atoms with E-state index in [9.17, 15) is 4.39 Å². The summed E-state index contributed by atoms with van der Waals surface area (Å²) < 4.78 is 19.1. The van der Waals surface area contributed by atoms with E-state index in [0.717, 1.165) is 16.0 Å². The van der Waals surface area contributed by atoms with Gasteiger partial charge in [0.2, 0.25) is 5.13 Å². The van der Waals surface area contributed by atoms with Gasteiger partial charge in [-0.3, -0.25) is 0 Å². The largest absolute Gasteiger partial charge is 0.492 e. The van der Waals surface area contributed by atoms with E-state index in [2.05, 4.69) is 0 Å². The van der Waals surface area contributed by atoms with Crippen molar-refractivity contribution in [1.82, 2.24) is 0 Å². The highest BCUT2D eigenvalue weighted by Crippen LogP contribution is 2.38. The molecule has 14 heavy (non-hydrogen) atoms. The Morgan fingerprint density at radius 2 is 2.29 bits per heavy atom. The summed E-state index contributed by atoms with van der Waals surface area (Å²) in [6.07, 6.45) is 0. The van der Waals surface area contributed by atoms with E-state index < -0.39 is 0 Å². The molecule has 0 bridgehead atoms. The maximum Gasteiger partial charge on any atom is 0.219 e. The van der Waals surface area contributed by atoms with Crippen LogP contribution in [0, 0.1) is 5.13 Å². The van der Waals surface area contributed by atoms with Gasteiger partial charge in [-0.15, -0.1) is 11.3 Å². The fourth-order valence-electron chi connectivity index (χ4n) is 1.47. The van der Waals surface area contributed by atoms with Crippen LogP contribution in [0.15, 0.2) is 18.2 Å². The number of ether oxygens (including phenoxy) is 1. The highest BCUT2D eigenvalue weighted by Gasteiger charge is 2.14. The molecule has 2 aromatic rings. The molecule has 1 aromatic heterocycles. The summed E-state index contributed by atoms with van der Waals surface area (Å²) in [5.41, 5.74) is 0.694. The molecule has 2 rings (SSSR count). The Bertz CT molecular complexity index is 464. The number of thiophene rings is 1. The number of benzene rings is 1. The van der Waals surface area contributed by atoms with Crippen LogP contribution >= 0.6 is 11.3 Å². The van der Waals surface area contributed by atoms with Crippen LogP contribution in [-0.2, 0) is 6.61 Å². The minimum atomic E-state index is -0.344. The van der Waals surface area contributed by atoms with E-state index in [-0.39, 0.29) is 17.5 Å². The van der Waals surface area contributed by atoms with Crippen molar-refractivity contribution in [3.8, 4) is 5.75 Å². The molecule has 0 aliphatic rings. The molecule has 0 amide bonds. The van der Waals surface area contributed by atoms with Gasteiger partial charge in [0.05, 0.1) is 13.7 Å². The Kier molecular flexibility index (Phi) is 2.39. The van der Waals surface area contributed by atoms with Gasteiger partial charge in [-0.25, -0.2) is 0 Å². The number of aliphatic hydroxyl groups excluding tert-OH is 1. The van der Waals surface area contributed by atoms with Gasteiger partial charge in [0.25, 0.3) is 0 Å². The lowest BCUT2D eigenvalue weighted by Gasteiger charge is -2.01. The molecule has 0 unspecified atom stereocenters. The van der Waals surface area contributed by atoms with Crippen molar-refractivity contribution in [2.75, 3.05) is 7.11 Å². The summed E-state index contributed by atoms with van der Waals surface area (Å²) in [7, 11) is 1.43. The topological polar surface area (TPSA) is 29.5 Å². The van der Waals surface area contributed by atoms with Crippen molar-refractivity contribution in [3.63, 3.8) is 0 Å². The maximum absolute atomic E-state index is 13.3. The second kappa shape index (κ2) is 3.55. The molecule has 1 N–H and O–H groups in total. The van der Waals surface area contributed by atoms with Gasteiger partial charge < -0.3 is 9.84 Å². The lowest BCUT2D eigenvalue weighted by molar-refractivity contribution is 0.283. The van der Waals surface area contributed by atoms with Crippen LogP contribution < -0.4 is 4.74 Å². The Balaban J connectivity index is 2.82. The van der Waals surface area contributed by atoms with E-state index in [1.807, 2.05) is 6.07 Å². The Morgan fingerprint density at radius 3 is 2.93 bits per heavy atom. The SMILES string of the molecule is COc1c(F)sc2cccc(CO)c12. The van der Waals surface area contributed by atoms with Crippen molar-refractivity contribution in [3.05, 3.63) is 28.9 Å². The van der Waals surface area contributed by atoms with Gasteiger partial charge >= 0.3 is 0 Å². The van der Waals surface area contributed by atoms with Crippen molar-refractivity contribution in [1.29, 1.82) is 0 Å². The molecule has 0 radical (unpaired) electrons. The molecule has 4 heteroatoms. The Hall–Kier alpha value is -1.13. The summed E-state index contributed by atoms with van der Waals surface area (Å²) in [4.78, 5) is 0. The number of hydrogen-bond acceptors (Lipinski definition) is 3. The highest BCUT2D eigenvalue weighted by atomic mass is 32.1. The molecule has 0 aliphatic heterocycles. The smallest absolute Gasteiger partial charge is 0.219 e. The molecule has 0 fully saturated rings. The van der Waals surface area contributed by atoms with Gasteiger partial charge in [0.15, 0.2) is 5.75 Å². The van der Waals surface area contributed by atoms with Crippen molar-refractivity contribution >= 4 is 21.4 Å². The predicted octanol–water partition coefficient (Wildman–Crippen LogP) is 2.54. The number of rotatable bonds is 2. The van der Waals surface area contributed by atoms with Crippen molar-refractivity contribution in [2.24, 2.45) is 0 Å². The summed E-state index contributed by atoms with van der Waals surface area (Å²) in [6, 6.07) is 5.37. The molecule has 1 heterocycles. The van der Waals surface area contributed by atoms with Crippen LogP contribution in [0.1, 0.15) is 5.56 Å². The van der Waals surface area contributed by atoms with Gasteiger partial charge in [-0.2, -0.15) is 4.39 Å². The molecular weight excluding hydrogens is 203 g/mol. The van der Waals surface area contributed by atoms with Crippen LogP contribution in [0.5, 0.6) is 5.75 Å². The molecule has 0 saturated carbocycles. The molecule has 1 aromatic carbocycles. The quantitative estimate of drug-likeness (QED) is 0.829. The first-order valence-electron chi connectivity index (χ1n) is 4.12. The Morgan fingerprint density at radius 1 is 1.50 bits per heavy atom. The number of aliphatic hydroxyl groups is 1. The lowest BCUT2D eigenvalue weighted by Crippen LogP contribution is -1.87.